The van der Waals surface area contributed by atoms with E-state index in [1.54, 1.807) is 13.8 Å². The molecule has 0 bridgehead atoms. The zero-order valence-corrected chi connectivity index (χ0v) is 21.7. The monoisotopic (exact) mass is 534 g/mol. The first-order chi connectivity index (χ1) is 17.9. The Balaban J connectivity index is 1.86. The van der Waals surface area contributed by atoms with Gasteiger partial charge < -0.3 is 20.1 Å². The third-order valence-electron chi connectivity index (χ3n) is 6.77. The molecule has 2 aromatic rings. The first-order valence-corrected chi connectivity index (χ1v) is 12.6. The van der Waals surface area contributed by atoms with Crippen LogP contribution in [-0.4, -0.2) is 52.4 Å². The van der Waals surface area contributed by atoms with Gasteiger partial charge in [0.15, 0.2) is 11.3 Å². The number of ether oxygens (including phenoxy) is 1. The number of nitrogens with zero attached hydrogens (tertiary/aromatic N) is 1. The number of ketones is 1. The molecule has 0 radical (unpaired) electrons. The lowest BCUT2D eigenvalue weighted by molar-refractivity contribution is -0.175. The first-order valence-electron chi connectivity index (χ1n) is 12.6. The van der Waals surface area contributed by atoms with E-state index in [-0.39, 0.29) is 24.5 Å². The number of benzene rings is 2. The Bertz CT molecular complexity index is 1160. The largest absolute Gasteiger partial charge is 0.493 e. The topological polar surface area (TPSA) is 95.9 Å². The van der Waals surface area contributed by atoms with E-state index < -0.39 is 53.9 Å². The summed E-state index contributed by atoms with van der Waals surface area (Å²) in [4.78, 5) is 38.4. The van der Waals surface area contributed by atoms with Gasteiger partial charge in [0.1, 0.15) is 11.6 Å². The minimum Gasteiger partial charge on any atom is -0.493 e. The summed E-state index contributed by atoms with van der Waals surface area (Å²) in [5.41, 5.74) is -0.856. The molecule has 0 aliphatic heterocycles. The van der Waals surface area contributed by atoms with Crippen molar-refractivity contribution in [3.8, 4) is 5.75 Å². The highest BCUT2D eigenvalue weighted by molar-refractivity contribution is 5.97. The normalized spacial score (nSPS) is 16.2. The highest BCUT2D eigenvalue weighted by Crippen LogP contribution is 2.46. The van der Waals surface area contributed by atoms with Crippen molar-refractivity contribution in [2.24, 2.45) is 0 Å². The molecule has 1 fully saturated rings. The molecule has 1 aliphatic rings. The highest BCUT2D eigenvalue weighted by Gasteiger charge is 2.62. The molecule has 7 nitrogen and oxygen atoms in total. The number of carbonyl (C=O) groups excluding carboxylic acids is 2. The number of rotatable bonds is 12. The molecule has 206 valence electrons. The molecule has 0 aromatic heterocycles. The maximum Gasteiger partial charge on any atom is 0.329 e. The lowest BCUT2D eigenvalue weighted by Crippen LogP contribution is -2.68. The van der Waals surface area contributed by atoms with E-state index in [1.165, 1.54) is 17.9 Å². The summed E-state index contributed by atoms with van der Waals surface area (Å²) in [5, 5.41) is 11.9. The van der Waals surface area contributed by atoms with E-state index in [0.717, 1.165) is 18.1 Å². The third kappa shape index (κ3) is 6.65. The van der Waals surface area contributed by atoms with Crippen LogP contribution in [0.2, 0.25) is 0 Å². The summed E-state index contributed by atoms with van der Waals surface area (Å²) >= 11 is 0. The van der Waals surface area contributed by atoms with Crippen LogP contribution in [0.1, 0.15) is 74.0 Å². The summed E-state index contributed by atoms with van der Waals surface area (Å²) in [6.45, 7) is 4.86. The molecule has 1 atom stereocenters. The lowest BCUT2D eigenvalue weighted by atomic mass is 9.73. The van der Waals surface area contributed by atoms with Crippen LogP contribution in [0.4, 0.5) is 18.0 Å². The molecule has 38 heavy (non-hydrogen) atoms. The molecule has 10 heteroatoms. The average molecular weight is 535 g/mol. The molecule has 1 aliphatic carbocycles. The van der Waals surface area contributed by atoms with Crippen molar-refractivity contribution in [2.45, 2.75) is 70.4 Å². The van der Waals surface area contributed by atoms with Crippen LogP contribution >= 0.6 is 0 Å². The van der Waals surface area contributed by atoms with Gasteiger partial charge in [-0.2, -0.15) is 0 Å². The van der Waals surface area contributed by atoms with Crippen molar-refractivity contribution in [1.82, 2.24) is 10.2 Å². The number of alkyl halides is 2. The molecular formula is C28H33F3N2O5. The Hall–Kier alpha value is -3.56. The number of carboxylic acids is 1. The molecule has 3 rings (SSSR count). The second kappa shape index (κ2) is 11.9. The van der Waals surface area contributed by atoms with E-state index in [2.05, 4.69) is 5.32 Å². The van der Waals surface area contributed by atoms with Crippen LogP contribution in [0.25, 0.3) is 0 Å². The molecule has 2 amide bonds. The van der Waals surface area contributed by atoms with Crippen LogP contribution in [0.15, 0.2) is 42.5 Å². The summed E-state index contributed by atoms with van der Waals surface area (Å²) < 4.78 is 47.7. The van der Waals surface area contributed by atoms with Gasteiger partial charge in [0.2, 0.25) is 0 Å². The number of amides is 2. The van der Waals surface area contributed by atoms with Gasteiger partial charge in [-0.1, -0.05) is 30.3 Å². The number of hydrogen-bond acceptors (Lipinski definition) is 4. The number of halogens is 3. The molecule has 0 heterocycles. The quantitative estimate of drug-likeness (QED) is 0.266. The van der Waals surface area contributed by atoms with E-state index >= 15 is 0 Å². The molecule has 1 unspecified atom stereocenters. The zero-order chi connectivity index (χ0) is 28.1. The van der Waals surface area contributed by atoms with Crippen LogP contribution in [0.5, 0.6) is 5.75 Å². The standard InChI is InChI=1S/C28H33F3N2O5/c1-4-38-23-15-21(14-22(29)24(23)19(3)34)18(2)33(13-9-8-12-20-10-6-5-7-11-20)26(37)32-27(25(35)36)16-28(30,31)17-27/h5-7,10-11,14-15,18H,4,8-9,12-13,16-17H2,1-3H3,(H,32,37)(H,35,36). The predicted molar refractivity (Wildman–Crippen MR) is 135 cm³/mol. The minimum atomic E-state index is -3.18. The van der Waals surface area contributed by atoms with Gasteiger partial charge in [0.05, 0.1) is 18.2 Å². The Morgan fingerprint density at radius 1 is 1.13 bits per heavy atom. The number of unbranched alkanes of at least 4 members (excludes halogenated alkanes) is 1. The SMILES string of the molecule is CCOc1cc(C(C)N(CCCCc2ccccc2)C(=O)NC2(C(=O)O)CC(F)(F)C2)cc(F)c1C(C)=O. The number of hydrogen-bond donors (Lipinski definition) is 2. The van der Waals surface area contributed by atoms with Crippen molar-refractivity contribution in [3.05, 3.63) is 65.0 Å². The number of nitrogens with one attached hydrogen (secondary N) is 1. The zero-order valence-electron chi connectivity index (χ0n) is 21.7. The number of urea groups is 1. The Labute approximate surface area is 220 Å². The van der Waals surface area contributed by atoms with Gasteiger partial charge in [-0.25, -0.2) is 22.8 Å². The van der Waals surface area contributed by atoms with E-state index in [1.807, 2.05) is 30.3 Å². The van der Waals surface area contributed by atoms with Gasteiger partial charge in [0, 0.05) is 19.4 Å². The molecule has 0 spiro atoms. The third-order valence-corrected chi connectivity index (χ3v) is 6.77. The highest BCUT2D eigenvalue weighted by atomic mass is 19.3. The number of Topliss-reactive ketones (excluding diaryl/α,β-unsaturated/α-hetero) is 1. The molecular weight excluding hydrogens is 501 g/mol. The fourth-order valence-corrected chi connectivity index (χ4v) is 4.76. The number of carbonyl (C=O) groups is 3. The smallest absolute Gasteiger partial charge is 0.329 e. The van der Waals surface area contributed by atoms with Gasteiger partial charge >= 0.3 is 12.0 Å². The van der Waals surface area contributed by atoms with Crippen LogP contribution in [0.3, 0.4) is 0 Å². The molecule has 0 saturated heterocycles. The summed E-state index contributed by atoms with van der Waals surface area (Å²) in [5.74, 6) is -6.02. The van der Waals surface area contributed by atoms with Gasteiger partial charge in [-0.3, -0.25) is 4.79 Å². The van der Waals surface area contributed by atoms with Crippen LogP contribution in [0, 0.1) is 5.82 Å². The van der Waals surface area contributed by atoms with E-state index in [4.69, 9.17) is 4.74 Å². The van der Waals surface area contributed by atoms with Gasteiger partial charge in [0.25, 0.3) is 5.92 Å². The average Bonchev–Trinajstić information content (AvgIpc) is 2.82. The van der Waals surface area contributed by atoms with Gasteiger partial charge in [-0.05, 0) is 63.3 Å². The molecule has 1 saturated carbocycles. The first kappa shape index (κ1) is 29.0. The second-order valence-corrected chi connectivity index (χ2v) is 9.70. The lowest BCUT2D eigenvalue weighted by Gasteiger charge is -2.45. The van der Waals surface area contributed by atoms with Crippen molar-refractivity contribution in [2.75, 3.05) is 13.2 Å². The Morgan fingerprint density at radius 2 is 1.79 bits per heavy atom. The Kier molecular flexibility index (Phi) is 9.06. The summed E-state index contributed by atoms with van der Waals surface area (Å²) in [6, 6.07) is 10.7. The number of carboxylic acid groups (broad SMARTS) is 1. The summed E-state index contributed by atoms with van der Waals surface area (Å²) in [7, 11) is 0. The van der Waals surface area contributed by atoms with Crippen molar-refractivity contribution in [3.63, 3.8) is 0 Å². The number of aryl methyl sites for hydroxylation is 1. The van der Waals surface area contributed by atoms with Crippen molar-refractivity contribution < 1.29 is 37.4 Å². The molecule has 2 N–H and O–H groups in total. The van der Waals surface area contributed by atoms with E-state index in [0.29, 0.717) is 18.4 Å². The van der Waals surface area contributed by atoms with Crippen LogP contribution in [-0.2, 0) is 11.2 Å². The maximum atomic E-state index is 14.9. The number of aliphatic carboxylic acids is 1. The van der Waals surface area contributed by atoms with Crippen molar-refractivity contribution in [1.29, 1.82) is 0 Å². The maximum absolute atomic E-state index is 14.9. The second-order valence-electron chi connectivity index (χ2n) is 9.70. The van der Waals surface area contributed by atoms with Crippen molar-refractivity contribution >= 4 is 17.8 Å². The fraction of sp³-hybridized carbons (Fsp3) is 0.464. The van der Waals surface area contributed by atoms with Gasteiger partial charge in [-0.15, -0.1) is 0 Å². The fourth-order valence-electron chi connectivity index (χ4n) is 4.76. The molecule has 2 aromatic carbocycles. The van der Waals surface area contributed by atoms with E-state index in [9.17, 15) is 32.7 Å². The van der Waals surface area contributed by atoms with Crippen LogP contribution < -0.4 is 10.1 Å². The predicted octanol–water partition coefficient (Wildman–Crippen LogP) is 5.78. The Morgan fingerprint density at radius 3 is 2.34 bits per heavy atom. The minimum absolute atomic E-state index is 0.0342. The summed E-state index contributed by atoms with van der Waals surface area (Å²) in [6.07, 6.45) is -0.0481.